The maximum Gasteiger partial charge on any atom is 0.328 e. The second-order valence-electron chi connectivity index (χ2n) is 14.1. The quantitative estimate of drug-likeness (QED) is 0.188. The molecule has 12 nitrogen and oxygen atoms in total. The summed E-state index contributed by atoms with van der Waals surface area (Å²) >= 11 is 0. The van der Waals surface area contributed by atoms with Crippen LogP contribution in [0.4, 0.5) is 5.69 Å². The molecular weight excluding hydrogens is 681 g/mol. The van der Waals surface area contributed by atoms with Gasteiger partial charge in [-0.2, -0.15) is 0 Å². The molecule has 54 heavy (non-hydrogen) atoms. The van der Waals surface area contributed by atoms with Gasteiger partial charge in [0.05, 0.1) is 34.7 Å². The van der Waals surface area contributed by atoms with Gasteiger partial charge in [-0.25, -0.2) is 4.79 Å². The van der Waals surface area contributed by atoms with Gasteiger partial charge in [0.2, 0.25) is 11.8 Å². The molecule has 12 heteroatoms. The van der Waals surface area contributed by atoms with Crippen LogP contribution in [-0.2, 0) is 30.1 Å². The first-order chi connectivity index (χ1) is 26.1. The summed E-state index contributed by atoms with van der Waals surface area (Å²) in [6.45, 7) is 5.04. The zero-order valence-corrected chi connectivity index (χ0v) is 30.4. The van der Waals surface area contributed by atoms with Crippen LogP contribution >= 0.6 is 0 Å². The number of piperidine rings is 1. The minimum atomic E-state index is -0.407. The van der Waals surface area contributed by atoms with Crippen LogP contribution < -0.4 is 21.2 Å². The topological polar surface area (TPSA) is 144 Å². The third-order valence-electron chi connectivity index (χ3n) is 10.4. The minimum Gasteiger partial charge on any atom is -0.358 e. The van der Waals surface area contributed by atoms with Gasteiger partial charge in [-0.3, -0.25) is 43.8 Å². The van der Waals surface area contributed by atoms with Gasteiger partial charge >= 0.3 is 5.69 Å². The van der Waals surface area contributed by atoms with Gasteiger partial charge in [-0.15, -0.1) is 0 Å². The van der Waals surface area contributed by atoms with Gasteiger partial charge in [-0.05, 0) is 70.8 Å². The van der Waals surface area contributed by atoms with E-state index in [2.05, 4.69) is 64.5 Å². The highest BCUT2D eigenvalue weighted by atomic mass is 16.2. The molecule has 0 spiro atoms. The Labute approximate surface area is 311 Å². The van der Waals surface area contributed by atoms with Gasteiger partial charge < -0.3 is 10.2 Å². The van der Waals surface area contributed by atoms with Crippen LogP contribution in [0.15, 0.2) is 78.0 Å². The summed E-state index contributed by atoms with van der Waals surface area (Å²) in [5.41, 5.74) is 9.14. The van der Waals surface area contributed by atoms with Crippen molar-refractivity contribution in [2.24, 2.45) is 14.1 Å². The lowest BCUT2D eigenvalue weighted by Gasteiger charge is -2.31. The third kappa shape index (κ3) is 6.17. The average molecular weight is 719 g/mol. The molecule has 2 N–H and O–H groups in total. The van der Waals surface area contributed by atoms with Crippen molar-refractivity contribution in [3.63, 3.8) is 0 Å². The van der Waals surface area contributed by atoms with Crippen LogP contribution in [0.5, 0.6) is 0 Å². The van der Waals surface area contributed by atoms with E-state index in [-0.39, 0.29) is 41.6 Å². The summed E-state index contributed by atoms with van der Waals surface area (Å²) in [6, 6.07) is 17.4. The van der Waals surface area contributed by atoms with Crippen LogP contribution in [-0.4, -0.2) is 60.9 Å². The number of carbonyl (C=O) groups excluding carboxylic acids is 3. The van der Waals surface area contributed by atoms with Gasteiger partial charge in [0.25, 0.3) is 5.91 Å². The van der Waals surface area contributed by atoms with E-state index in [4.69, 9.17) is 4.98 Å². The predicted octanol–water partition coefficient (Wildman–Crippen LogP) is 4.62. The number of nitrogens with one attached hydrogen (secondary N) is 2. The van der Waals surface area contributed by atoms with Crippen molar-refractivity contribution in [3.8, 4) is 34.2 Å². The Balaban J connectivity index is 0.955. The van der Waals surface area contributed by atoms with Crippen LogP contribution in [0, 0.1) is 11.8 Å². The molecule has 2 aromatic carbocycles. The number of fused-ring (bicyclic) bond motifs is 3. The molecule has 270 valence electrons. The fourth-order valence-corrected chi connectivity index (χ4v) is 7.54. The van der Waals surface area contributed by atoms with E-state index in [1.807, 2.05) is 55.5 Å². The van der Waals surface area contributed by atoms with Gasteiger partial charge in [0, 0.05) is 68.6 Å². The van der Waals surface area contributed by atoms with Crippen molar-refractivity contribution < 1.29 is 14.4 Å². The van der Waals surface area contributed by atoms with Crippen LogP contribution in [0.3, 0.4) is 0 Å². The van der Waals surface area contributed by atoms with Crippen LogP contribution in [0.2, 0.25) is 0 Å². The Bertz CT molecular complexity index is 2650. The number of hydrogen-bond acceptors (Lipinski definition) is 8. The SMILES string of the molecule is CC(C)c1cc(-c2cccc3cc(-c4ccc(C(=O)NCC#Cc5cnc6c(c5)N(C5CCC(=O)NC5=O)CC6)nc4)ncc23)cc2c1n(C)c(=O)n2C. The number of benzene rings is 2. The zero-order valence-electron chi connectivity index (χ0n) is 30.4. The molecule has 1 unspecified atom stereocenters. The van der Waals surface area contributed by atoms with Gasteiger partial charge in [0.1, 0.15) is 11.7 Å². The van der Waals surface area contributed by atoms with Crippen molar-refractivity contribution in [1.29, 1.82) is 0 Å². The molecule has 3 amide bonds. The molecule has 2 aliphatic rings. The number of rotatable bonds is 6. The second kappa shape index (κ2) is 13.7. The van der Waals surface area contributed by atoms with Crippen LogP contribution in [0.1, 0.15) is 59.9 Å². The Morgan fingerprint density at radius 2 is 1.80 bits per heavy atom. The Hall–Kier alpha value is -6.61. The summed E-state index contributed by atoms with van der Waals surface area (Å²) in [5.74, 6) is 5.38. The number of imidazole rings is 1. The summed E-state index contributed by atoms with van der Waals surface area (Å²) in [7, 11) is 3.63. The van der Waals surface area contributed by atoms with Crippen molar-refractivity contribution >= 4 is 45.2 Å². The maximum absolute atomic E-state index is 12.9. The summed E-state index contributed by atoms with van der Waals surface area (Å²) in [5, 5.41) is 7.23. The number of amides is 3. The van der Waals surface area contributed by atoms with Crippen molar-refractivity contribution in [1.82, 2.24) is 34.7 Å². The number of pyridine rings is 3. The smallest absolute Gasteiger partial charge is 0.328 e. The number of anilines is 1. The molecule has 4 aromatic heterocycles. The number of aromatic nitrogens is 5. The maximum atomic E-state index is 12.9. The number of imide groups is 1. The monoisotopic (exact) mass is 718 g/mol. The van der Waals surface area contributed by atoms with E-state index in [1.54, 1.807) is 27.6 Å². The lowest BCUT2D eigenvalue weighted by atomic mass is 9.93. The fourth-order valence-electron chi connectivity index (χ4n) is 7.54. The fraction of sp³-hybridized carbons (Fsp3) is 0.262. The molecule has 0 aliphatic carbocycles. The molecule has 8 rings (SSSR count). The molecule has 0 saturated carbocycles. The van der Waals surface area contributed by atoms with E-state index in [0.29, 0.717) is 24.9 Å². The zero-order chi connectivity index (χ0) is 37.7. The molecule has 6 heterocycles. The number of hydrogen-bond donors (Lipinski definition) is 2. The van der Waals surface area contributed by atoms with Crippen molar-refractivity contribution in [2.45, 2.75) is 45.1 Å². The molecule has 1 atom stereocenters. The van der Waals surface area contributed by atoms with E-state index < -0.39 is 6.04 Å². The molecule has 1 saturated heterocycles. The Morgan fingerprint density at radius 1 is 0.944 bits per heavy atom. The first-order valence-corrected chi connectivity index (χ1v) is 18.0. The summed E-state index contributed by atoms with van der Waals surface area (Å²) < 4.78 is 3.42. The second-order valence-corrected chi connectivity index (χ2v) is 14.1. The van der Waals surface area contributed by atoms with Gasteiger partial charge in [-0.1, -0.05) is 43.9 Å². The van der Waals surface area contributed by atoms with E-state index >= 15 is 0 Å². The highest BCUT2D eigenvalue weighted by Crippen LogP contribution is 2.36. The standard InChI is InChI=1S/C42H38N8O4/c1-24(2)30-18-28(20-37-39(30)49(4)42(54)48(37)3)29-9-5-8-26-19-34(46-23-31(26)29)27-10-11-33(45-22-27)40(52)43-15-6-7-25-17-36-32(44-21-25)14-16-50(36)35-12-13-38(51)47-41(35)53/h5,8-11,17-24,35H,12-16H2,1-4H3,(H,43,52)(H,47,51,53). The molecule has 0 bridgehead atoms. The Morgan fingerprint density at radius 3 is 2.57 bits per heavy atom. The predicted molar refractivity (Wildman–Crippen MR) is 207 cm³/mol. The van der Waals surface area contributed by atoms with Crippen molar-refractivity contribution in [2.75, 3.05) is 18.0 Å². The molecule has 0 radical (unpaired) electrons. The first-order valence-electron chi connectivity index (χ1n) is 18.0. The summed E-state index contributed by atoms with van der Waals surface area (Å²) in [6.07, 6.45) is 6.70. The Kier molecular flexibility index (Phi) is 8.77. The average Bonchev–Trinajstić information content (AvgIpc) is 3.69. The minimum absolute atomic E-state index is 0.0507. The molecular formula is C42H38N8O4. The highest BCUT2D eigenvalue weighted by molar-refractivity contribution is 6.02. The largest absolute Gasteiger partial charge is 0.358 e. The molecule has 6 aromatic rings. The van der Waals surface area contributed by atoms with E-state index in [1.165, 1.54) is 0 Å². The van der Waals surface area contributed by atoms with Crippen LogP contribution in [0.25, 0.3) is 44.2 Å². The first kappa shape index (κ1) is 34.5. The van der Waals surface area contributed by atoms with E-state index in [0.717, 1.165) is 67.6 Å². The highest BCUT2D eigenvalue weighted by Gasteiger charge is 2.35. The lowest BCUT2D eigenvalue weighted by molar-refractivity contribution is -0.134. The number of nitrogens with zero attached hydrogens (tertiary/aromatic N) is 6. The molecule has 1 fully saturated rings. The third-order valence-corrected chi connectivity index (χ3v) is 10.4. The molecule has 2 aliphatic heterocycles. The number of carbonyl (C=O) groups is 3. The van der Waals surface area contributed by atoms with E-state index in [9.17, 15) is 19.2 Å². The number of aryl methyl sites for hydroxylation is 2. The summed E-state index contributed by atoms with van der Waals surface area (Å²) in [4.78, 5) is 65.5. The lowest BCUT2D eigenvalue weighted by Crippen LogP contribution is -2.52. The van der Waals surface area contributed by atoms with Gasteiger partial charge in [0.15, 0.2) is 0 Å². The normalized spacial score (nSPS) is 15.4. The van der Waals surface area contributed by atoms with Crippen molar-refractivity contribution in [3.05, 3.63) is 106 Å².